The largest absolute Gasteiger partial charge is 0.507 e. The molecule has 1 aliphatic heterocycles. The van der Waals surface area contributed by atoms with Gasteiger partial charge in [0.2, 0.25) is 0 Å². The summed E-state index contributed by atoms with van der Waals surface area (Å²) < 4.78 is 5.72. The number of carbonyl (C=O) groups excluding carboxylic acids is 1. The van der Waals surface area contributed by atoms with Crippen LogP contribution in [0.2, 0.25) is 0 Å². The van der Waals surface area contributed by atoms with Crippen LogP contribution < -0.4 is 10.1 Å². The minimum Gasteiger partial charge on any atom is -0.507 e. The fourth-order valence-electron chi connectivity index (χ4n) is 2.10. The molecule has 2 aliphatic rings. The Labute approximate surface area is 115 Å². The number of aliphatic hydroxyl groups is 1. The Morgan fingerprint density at radius 3 is 3.05 bits per heavy atom. The average molecular weight is 266 g/mol. The van der Waals surface area contributed by atoms with Crippen molar-refractivity contribution in [2.45, 2.75) is 6.42 Å². The van der Waals surface area contributed by atoms with Crippen LogP contribution in [0.3, 0.4) is 0 Å². The van der Waals surface area contributed by atoms with E-state index in [-0.39, 0.29) is 11.3 Å². The van der Waals surface area contributed by atoms with Gasteiger partial charge in [-0.3, -0.25) is 4.79 Å². The highest BCUT2D eigenvalue weighted by Crippen LogP contribution is 2.34. The first-order valence-corrected chi connectivity index (χ1v) is 6.01. The Morgan fingerprint density at radius 2 is 2.25 bits per heavy atom. The standard InChI is InChI=1S/C15H10N2O3/c16-8-9-5-6-12-10(7-9)17-15(19)14-11(18)3-1-2-4-13(14)20-12/h1-3,5-7,18H,4H2,(H,17,19). The molecule has 20 heavy (non-hydrogen) atoms. The van der Waals surface area contributed by atoms with Gasteiger partial charge in [0.05, 0.1) is 17.3 Å². The van der Waals surface area contributed by atoms with Crippen LogP contribution in [0.1, 0.15) is 12.0 Å². The molecule has 0 spiro atoms. The number of nitrogens with one attached hydrogen (secondary N) is 1. The highest BCUT2D eigenvalue weighted by molar-refractivity contribution is 6.08. The molecule has 2 N–H and O–H groups in total. The van der Waals surface area contributed by atoms with Crippen molar-refractivity contribution in [2.75, 3.05) is 5.32 Å². The van der Waals surface area contributed by atoms with Crippen LogP contribution in [0.4, 0.5) is 5.69 Å². The number of ether oxygens (including phenoxy) is 1. The molecule has 1 amide bonds. The second-order valence-corrected chi connectivity index (χ2v) is 4.36. The average Bonchev–Trinajstić information content (AvgIpc) is 2.69. The molecule has 1 heterocycles. The van der Waals surface area contributed by atoms with Crippen molar-refractivity contribution in [3.05, 3.63) is 59.1 Å². The van der Waals surface area contributed by atoms with Crippen molar-refractivity contribution in [1.82, 2.24) is 0 Å². The molecule has 0 atom stereocenters. The summed E-state index contributed by atoms with van der Waals surface area (Å²) in [5.74, 6) is 0.241. The first-order valence-electron chi connectivity index (χ1n) is 6.01. The third kappa shape index (κ3) is 1.93. The van der Waals surface area contributed by atoms with E-state index in [1.54, 1.807) is 24.3 Å². The molecule has 1 aromatic carbocycles. The van der Waals surface area contributed by atoms with Crippen molar-refractivity contribution in [1.29, 1.82) is 5.26 Å². The van der Waals surface area contributed by atoms with Gasteiger partial charge in [-0.2, -0.15) is 5.26 Å². The van der Waals surface area contributed by atoms with Gasteiger partial charge in [0.25, 0.3) is 5.91 Å². The van der Waals surface area contributed by atoms with E-state index in [1.165, 1.54) is 12.1 Å². The third-order valence-corrected chi connectivity index (χ3v) is 3.05. The van der Waals surface area contributed by atoms with Gasteiger partial charge in [0.15, 0.2) is 5.75 Å². The van der Waals surface area contributed by atoms with E-state index in [9.17, 15) is 9.90 Å². The van der Waals surface area contributed by atoms with E-state index in [1.807, 2.05) is 6.07 Å². The molecule has 0 unspecified atom stereocenters. The lowest BCUT2D eigenvalue weighted by atomic mass is 10.1. The number of hydrogen-bond acceptors (Lipinski definition) is 4. The van der Waals surface area contributed by atoms with Gasteiger partial charge in [0, 0.05) is 6.42 Å². The van der Waals surface area contributed by atoms with E-state index in [2.05, 4.69) is 5.32 Å². The maximum absolute atomic E-state index is 12.2. The lowest BCUT2D eigenvalue weighted by Gasteiger charge is -2.09. The summed E-state index contributed by atoms with van der Waals surface area (Å²) >= 11 is 0. The number of rotatable bonds is 0. The van der Waals surface area contributed by atoms with Gasteiger partial charge >= 0.3 is 0 Å². The van der Waals surface area contributed by atoms with E-state index < -0.39 is 5.91 Å². The summed E-state index contributed by atoms with van der Waals surface area (Å²) in [5, 5.41) is 21.5. The molecule has 5 nitrogen and oxygen atoms in total. The topological polar surface area (TPSA) is 82.4 Å². The van der Waals surface area contributed by atoms with Crippen molar-refractivity contribution >= 4 is 11.6 Å². The highest BCUT2D eigenvalue weighted by Gasteiger charge is 2.26. The minimum absolute atomic E-state index is 0.115. The molecule has 0 radical (unpaired) electrons. The number of carbonyl (C=O) groups is 1. The molecule has 5 heteroatoms. The smallest absolute Gasteiger partial charge is 0.263 e. The second kappa shape index (κ2) is 4.59. The summed E-state index contributed by atoms with van der Waals surface area (Å²) in [5.41, 5.74) is 0.952. The Hall–Kier alpha value is -3.00. The van der Waals surface area contributed by atoms with Crippen molar-refractivity contribution in [3.63, 3.8) is 0 Å². The zero-order chi connectivity index (χ0) is 14.1. The quantitative estimate of drug-likeness (QED) is 0.756. The molecule has 1 aliphatic carbocycles. The Morgan fingerprint density at radius 1 is 1.40 bits per heavy atom. The maximum atomic E-state index is 12.2. The number of fused-ring (bicyclic) bond motifs is 1. The van der Waals surface area contributed by atoms with Gasteiger partial charge in [-0.1, -0.05) is 12.2 Å². The zero-order valence-corrected chi connectivity index (χ0v) is 10.4. The molecule has 0 fully saturated rings. The number of nitriles is 1. The normalized spacial score (nSPS) is 16.8. The predicted molar refractivity (Wildman–Crippen MR) is 71.9 cm³/mol. The highest BCUT2D eigenvalue weighted by atomic mass is 16.5. The fourth-order valence-corrected chi connectivity index (χ4v) is 2.10. The molecular formula is C15H10N2O3. The molecule has 3 rings (SSSR count). The SMILES string of the molecule is N#Cc1ccc2c(c1)NC(=O)C1=C(CC=CC=C1O)O2. The molecule has 0 aromatic heterocycles. The van der Waals surface area contributed by atoms with Gasteiger partial charge in [0.1, 0.15) is 17.1 Å². The van der Waals surface area contributed by atoms with Gasteiger partial charge < -0.3 is 15.2 Å². The molecular weight excluding hydrogens is 256 g/mol. The van der Waals surface area contributed by atoms with Crippen LogP contribution in [0.15, 0.2) is 53.5 Å². The Bertz CT molecular complexity index is 736. The molecule has 98 valence electrons. The van der Waals surface area contributed by atoms with E-state index >= 15 is 0 Å². The van der Waals surface area contributed by atoms with Crippen LogP contribution >= 0.6 is 0 Å². The number of hydrogen-bond donors (Lipinski definition) is 2. The van der Waals surface area contributed by atoms with Gasteiger partial charge in [-0.05, 0) is 24.3 Å². The van der Waals surface area contributed by atoms with Crippen molar-refractivity contribution in [2.24, 2.45) is 0 Å². The summed E-state index contributed by atoms with van der Waals surface area (Å²) in [6.07, 6.45) is 5.31. The van der Waals surface area contributed by atoms with Crippen LogP contribution in [0.5, 0.6) is 5.75 Å². The number of allylic oxidation sites excluding steroid dienone is 3. The molecule has 0 bridgehead atoms. The summed E-state index contributed by atoms with van der Waals surface area (Å²) in [7, 11) is 0. The fraction of sp³-hybridized carbons (Fsp3) is 0.0667. The lowest BCUT2D eigenvalue weighted by Crippen LogP contribution is -2.16. The van der Waals surface area contributed by atoms with Crippen molar-refractivity contribution in [3.8, 4) is 11.8 Å². The van der Waals surface area contributed by atoms with Gasteiger partial charge in [-0.15, -0.1) is 0 Å². The monoisotopic (exact) mass is 266 g/mol. The minimum atomic E-state index is -0.453. The van der Waals surface area contributed by atoms with E-state index in [0.29, 0.717) is 29.2 Å². The van der Waals surface area contributed by atoms with Gasteiger partial charge in [-0.25, -0.2) is 0 Å². The van der Waals surface area contributed by atoms with Crippen LogP contribution in [-0.2, 0) is 4.79 Å². The number of amides is 1. The first-order chi connectivity index (χ1) is 9.69. The predicted octanol–water partition coefficient (Wildman–Crippen LogP) is 2.55. The zero-order valence-electron chi connectivity index (χ0n) is 10.4. The van der Waals surface area contributed by atoms with Crippen LogP contribution in [-0.4, -0.2) is 11.0 Å². The summed E-state index contributed by atoms with van der Waals surface area (Å²) in [4.78, 5) is 12.2. The molecule has 0 saturated carbocycles. The number of nitrogens with zero attached hydrogens (tertiary/aromatic N) is 1. The van der Waals surface area contributed by atoms with Crippen molar-refractivity contribution < 1.29 is 14.6 Å². The second-order valence-electron chi connectivity index (χ2n) is 4.36. The maximum Gasteiger partial charge on any atom is 0.263 e. The number of aliphatic hydroxyl groups excluding tert-OH is 1. The first kappa shape index (κ1) is 12.1. The van der Waals surface area contributed by atoms with E-state index in [0.717, 1.165) is 0 Å². The van der Waals surface area contributed by atoms with E-state index in [4.69, 9.17) is 10.00 Å². The number of benzene rings is 1. The Kier molecular flexibility index (Phi) is 2.77. The summed E-state index contributed by atoms with van der Waals surface area (Å²) in [6, 6.07) is 6.77. The summed E-state index contributed by atoms with van der Waals surface area (Å²) in [6.45, 7) is 0. The van der Waals surface area contributed by atoms with Crippen LogP contribution in [0, 0.1) is 11.3 Å². The third-order valence-electron chi connectivity index (χ3n) is 3.05. The lowest BCUT2D eigenvalue weighted by molar-refractivity contribution is -0.112. The molecule has 1 aromatic rings. The Balaban J connectivity index is 2.11. The molecule has 0 saturated heterocycles. The van der Waals surface area contributed by atoms with Crippen LogP contribution in [0.25, 0.3) is 0 Å². The number of anilines is 1.